The summed E-state index contributed by atoms with van der Waals surface area (Å²) < 4.78 is 0. The van der Waals surface area contributed by atoms with Gasteiger partial charge in [0.2, 0.25) is 0 Å². The van der Waals surface area contributed by atoms with Gasteiger partial charge >= 0.3 is 0 Å². The lowest BCUT2D eigenvalue weighted by Crippen LogP contribution is -2.33. The number of carbonyl (C=O) groups is 1. The summed E-state index contributed by atoms with van der Waals surface area (Å²) in [7, 11) is 0. The molecule has 0 aliphatic rings. The van der Waals surface area contributed by atoms with Gasteiger partial charge in [-0.05, 0) is 49.7 Å². The van der Waals surface area contributed by atoms with E-state index in [-0.39, 0.29) is 5.91 Å². The van der Waals surface area contributed by atoms with Crippen molar-refractivity contribution in [3.05, 3.63) is 59.9 Å². The van der Waals surface area contributed by atoms with Gasteiger partial charge in [-0.1, -0.05) is 12.1 Å². The van der Waals surface area contributed by atoms with E-state index in [1.165, 1.54) is 0 Å². The van der Waals surface area contributed by atoms with Crippen molar-refractivity contribution in [2.24, 2.45) is 5.73 Å². The van der Waals surface area contributed by atoms with Crippen LogP contribution < -0.4 is 10.6 Å². The second-order valence-electron chi connectivity index (χ2n) is 4.68. The van der Waals surface area contributed by atoms with Crippen LogP contribution in [0.2, 0.25) is 0 Å². The normalized spacial score (nSPS) is 10.3. The Hall–Kier alpha value is -2.20. The average molecular weight is 269 g/mol. The first kappa shape index (κ1) is 14.2. The van der Waals surface area contributed by atoms with Crippen molar-refractivity contribution < 1.29 is 4.79 Å². The summed E-state index contributed by atoms with van der Waals surface area (Å²) in [6.07, 6.45) is 4.02. The maximum Gasteiger partial charge on any atom is 0.259 e. The smallest absolute Gasteiger partial charge is 0.259 e. The molecule has 0 saturated carbocycles. The number of nitrogens with zero attached hydrogens (tertiary/aromatic N) is 2. The minimum Gasteiger partial charge on any atom is -0.330 e. The second kappa shape index (κ2) is 6.82. The summed E-state index contributed by atoms with van der Waals surface area (Å²) in [5, 5.41) is 0. The molecule has 20 heavy (non-hydrogen) atoms. The van der Waals surface area contributed by atoms with Gasteiger partial charge in [0.1, 0.15) is 0 Å². The van der Waals surface area contributed by atoms with Gasteiger partial charge in [0.15, 0.2) is 0 Å². The number of benzene rings is 1. The number of rotatable bonds is 5. The molecule has 2 N–H and O–H groups in total. The van der Waals surface area contributed by atoms with Crippen LogP contribution >= 0.6 is 0 Å². The molecule has 2 rings (SSSR count). The van der Waals surface area contributed by atoms with Gasteiger partial charge < -0.3 is 10.6 Å². The Kier molecular flexibility index (Phi) is 4.85. The van der Waals surface area contributed by atoms with Crippen molar-refractivity contribution in [1.82, 2.24) is 4.98 Å². The number of aromatic nitrogens is 1. The van der Waals surface area contributed by atoms with Gasteiger partial charge in [0, 0.05) is 24.6 Å². The third-order valence-corrected chi connectivity index (χ3v) is 3.05. The van der Waals surface area contributed by atoms with Crippen LogP contribution in [-0.4, -0.2) is 24.0 Å². The highest BCUT2D eigenvalue weighted by atomic mass is 16.2. The molecular weight excluding hydrogens is 250 g/mol. The number of nitrogens with two attached hydrogens (primary N) is 1. The molecule has 0 atom stereocenters. The molecule has 0 bridgehead atoms. The van der Waals surface area contributed by atoms with Crippen LogP contribution in [0.25, 0.3) is 0 Å². The fourth-order valence-corrected chi connectivity index (χ4v) is 2.04. The Morgan fingerprint density at radius 2 is 2.15 bits per heavy atom. The highest BCUT2D eigenvalue weighted by Gasteiger charge is 2.17. The monoisotopic (exact) mass is 269 g/mol. The van der Waals surface area contributed by atoms with Crippen molar-refractivity contribution in [3.8, 4) is 0 Å². The third-order valence-electron chi connectivity index (χ3n) is 3.05. The van der Waals surface area contributed by atoms with Crippen molar-refractivity contribution in [1.29, 1.82) is 0 Å². The lowest BCUT2D eigenvalue weighted by atomic mass is 10.1. The topological polar surface area (TPSA) is 59.2 Å². The molecule has 4 nitrogen and oxygen atoms in total. The van der Waals surface area contributed by atoms with Crippen LogP contribution in [0, 0.1) is 6.92 Å². The van der Waals surface area contributed by atoms with Gasteiger partial charge in [0.25, 0.3) is 5.91 Å². The Morgan fingerprint density at radius 3 is 2.80 bits per heavy atom. The number of amides is 1. The first-order valence-electron chi connectivity index (χ1n) is 6.71. The molecule has 4 heteroatoms. The zero-order valence-corrected chi connectivity index (χ0v) is 11.6. The molecule has 1 aromatic carbocycles. The molecule has 1 amide bonds. The van der Waals surface area contributed by atoms with Crippen LogP contribution in [0.1, 0.15) is 22.3 Å². The number of carbonyl (C=O) groups excluding carboxylic acids is 1. The highest BCUT2D eigenvalue weighted by Crippen LogP contribution is 2.18. The van der Waals surface area contributed by atoms with E-state index in [1.54, 1.807) is 29.4 Å². The summed E-state index contributed by atoms with van der Waals surface area (Å²) in [6, 6.07) is 11.5. The lowest BCUT2D eigenvalue weighted by molar-refractivity contribution is 0.0986. The van der Waals surface area contributed by atoms with E-state index in [0.717, 1.165) is 17.7 Å². The number of hydrogen-bond acceptors (Lipinski definition) is 3. The maximum atomic E-state index is 12.6. The third kappa shape index (κ3) is 3.42. The number of hydrogen-bond donors (Lipinski definition) is 1. The van der Waals surface area contributed by atoms with E-state index in [0.29, 0.717) is 18.7 Å². The van der Waals surface area contributed by atoms with E-state index < -0.39 is 0 Å². The standard InChI is InChI=1S/C16H19N3O/c1-13-5-2-7-15(11-13)19(10-4-8-17)16(20)14-6-3-9-18-12-14/h2-3,5-7,9,11-12H,4,8,10,17H2,1H3. The largest absolute Gasteiger partial charge is 0.330 e. The van der Waals surface area contributed by atoms with Crippen LogP contribution in [0.3, 0.4) is 0 Å². The number of pyridine rings is 1. The van der Waals surface area contributed by atoms with E-state index >= 15 is 0 Å². The minimum atomic E-state index is -0.0443. The molecule has 104 valence electrons. The predicted molar refractivity (Wildman–Crippen MR) is 80.8 cm³/mol. The molecule has 0 spiro atoms. The van der Waals surface area contributed by atoms with Gasteiger partial charge in [0.05, 0.1) is 5.56 Å². The van der Waals surface area contributed by atoms with Crippen molar-refractivity contribution in [2.45, 2.75) is 13.3 Å². The highest BCUT2D eigenvalue weighted by molar-refractivity contribution is 6.05. The fraction of sp³-hybridized carbons (Fsp3) is 0.250. The summed E-state index contributed by atoms with van der Waals surface area (Å²) in [6.45, 7) is 3.18. The fourth-order valence-electron chi connectivity index (χ4n) is 2.04. The summed E-state index contributed by atoms with van der Waals surface area (Å²) in [4.78, 5) is 18.4. The predicted octanol–water partition coefficient (Wildman–Crippen LogP) is 2.39. The molecule has 0 aliphatic heterocycles. The second-order valence-corrected chi connectivity index (χ2v) is 4.68. The van der Waals surface area contributed by atoms with Crippen LogP contribution in [-0.2, 0) is 0 Å². The van der Waals surface area contributed by atoms with E-state index in [4.69, 9.17) is 5.73 Å². The molecule has 0 radical (unpaired) electrons. The van der Waals surface area contributed by atoms with E-state index in [9.17, 15) is 4.79 Å². The summed E-state index contributed by atoms with van der Waals surface area (Å²) >= 11 is 0. The molecule has 1 heterocycles. The Balaban J connectivity index is 2.30. The average Bonchev–Trinajstić information content (AvgIpc) is 2.48. The molecule has 0 fully saturated rings. The van der Waals surface area contributed by atoms with Gasteiger partial charge in [-0.25, -0.2) is 0 Å². The Morgan fingerprint density at radius 1 is 1.30 bits per heavy atom. The molecule has 2 aromatic rings. The maximum absolute atomic E-state index is 12.6. The van der Waals surface area contributed by atoms with E-state index in [1.807, 2.05) is 31.2 Å². The zero-order chi connectivity index (χ0) is 14.4. The Bertz CT molecular complexity index is 569. The zero-order valence-electron chi connectivity index (χ0n) is 11.6. The first-order valence-corrected chi connectivity index (χ1v) is 6.71. The quantitative estimate of drug-likeness (QED) is 0.906. The van der Waals surface area contributed by atoms with Crippen LogP contribution in [0.5, 0.6) is 0 Å². The van der Waals surface area contributed by atoms with E-state index in [2.05, 4.69) is 4.98 Å². The first-order chi connectivity index (χ1) is 9.72. The molecule has 0 unspecified atom stereocenters. The van der Waals surface area contributed by atoms with Crippen molar-refractivity contribution in [2.75, 3.05) is 18.0 Å². The van der Waals surface area contributed by atoms with Crippen LogP contribution in [0.4, 0.5) is 5.69 Å². The van der Waals surface area contributed by atoms with Gasteiger partial charge in [-0.3, -0.25) is 9.78 Å². The molecule has 0 aliphatic carbocycles. The van der Waals surface area contributed by atoms with Gasteiger partial charge in [-0.15, -0.1) is 0 Å². The van der Waals surface area contributed by atoms with Crippen LogP contribution in [0.15, 0.2) is 48.8 Å². The van der Waals surface area contributed by atoms with Crippen molar-refractivity contribution in [3.63, 3.8) is 0 Å². The SMILES string of the molecule is Cc1cccc(N(CCCN)C(=O)c2cccnc2)c1. The van der Waals surface area contributed by atoms with Crippen molar-refractivity contribution >= 4 is 11.6 Å². The van der Waals surface area contributed by atoms with Gasteiger partial charge in [-0.2, -0.15) is 0 Å². The number of aryl methyl sites for hydroxylation is 1. The molecule has 0 saturated heterocycles. The Labute approximate surface area is 119 Å². The summed E-state index contributed by atoms with van der Waals surface area (Å²) in [5.41, 5.74) is 8.18. The number of anilines is 1. The molecular formula is C16H19N3O. The molecule has 1 aromatic heterocycles. The summed E-state index contributed by atoms with van der Waals surface area (Å²) in [5.74, 6) is -0.0443. The lowest BCUT2D eigenvalue weighted by Gasteiger charge is -2.23. The minimum absolute atomic E-state index is 0.0443.